The van der Waals surface area contributed by atoms with Crippen LogP contribution < -0.4 is 16.6 Å². The summed E-state index contributed by atoms with van der Waals surface area (Å²) < 4.78 is 0. The molecule has 0 saturated heterocycles. The molecule has 5 heteroatoms. The summed E-state index contributed by atoms with van der Waals surface area (Å²) in [5, 5.41) is 0. The summed E-state index contributed by atoms with van der Waals surface area (Å²) in [6.45, 7) is 0. The highest BCUT2D eigenvalue weighted by molar-refractivity contribution is 5.95. The van der Waals surface area contributed by atoms with Crippen molar-refractivity contribution >= 4 is 17.4 Å². The van der Waals surface area contributed by atoms with Crippen molar-refractivity contribution in [2.75, 3.05) is 11.2 Å². The highest BCUT2D eigenvalue weighted by atomic mass is 16.2. The number of hydrazine groups is 1. The van der Waals surface area contributed by atoms with Crippen molar-refractivity contribution in [2.45, 2.75) is 0 Å². The Kier molecular flexibility index (Phi) is 3.20. The highest BCUT2D eigenvalue weighted by Gasteiger charge is 2.04. The molecule has 0 bridgehead atoms. The summed E-state index contributed by atoms with van der Waals surface area (Å²) in [5.41, 5.74) is 12.0. The monoisotopic (exact) mass is 228 g/mol. The van der Waals surface area contributed by atoms with Gasteiger partial charge in [-0.25, -0.2) is 4.98 Å². The first-order chi connectivity index (χ1) is 8.27. The molecule has 1 heterocycles. The van der Waals surface area contributed by atoms with E-state index in [9.17, 15) is 4.79 Å². The van der Waals surface area contributed by atoms with Crippen molar-refractivity contribution in [3.63, 3.8) is 0 Å². The number of nitrogen functional groups attached to an aromatic ring is 1. The van der Waals surface area contributed by atoms with Crippen LogP contribution in [0.15, 0.2) is 48.7 Å². The molecule has 0 aliphatic rings. The number of benzene rings is 1. The number of nitrogens with zero attached hydrogens (tertiary/aromatic N) is 1. The number of carbonyl (C=O) groups excluding carboxylic acids is 1. The minimum atomic E-state index is -0.228. The van der Waals surface area contributed by atoms with Crippen molar-refractivity contribution in [1.29, 1.82) is 0 Å². The van der Waals surface area contributed by atoms with Gasteiger partial charge in [0.1, 0.15) is 5.82 Å². The number of hydrogen-bond acceptors (Lipinski definition) is 4. The number of amides is 1. The number of nitrogens with one attached hydrogen (secondary N) is 2. The number of aromatic nitrogens is 1. The summed E-state index contributed by atoms with van der Waals surface area (Å²) >= 11 is 0. The second-order valence-electron chi connectivity index (χ2n) is 3.38. The Hall–Kier alpha value is -2.56. The molecule has 2 aromatic rings. The van der Waals surface area contributed by atoms with Gasteiger partial charge in [0.2, 0.25) is 0 Å². The third-order valence-corrected chi connectivity index (χ3v) is 2.19. The fourth-order valence-electron chi connectivity index (χ4n) is 1.31. The van der Waals surface area contributed by atoms with Gasteiger partial charge < -0.3 is 5.73 Å². The molecule has 0 aliphatic carbocycles. The third-order valence-electron chi connectivity index (χ3n) is 2.19. The van der Waals surface area contributed by atoms with Gasteiger partial charge in [-0.15, -0.1) is 0 Å². The Morgan fingerprint density at radius 3 is 2.59 bits per heavy atom. The molecule has 0 unspecified atom stereocenters. The van der Waals surface area contributed by atoms with Crippen LogP contribution in [0.2, 0.25) is 0 Å². The average molecular weight is 228 g/mol. The van der Waals surface area contributed by atoms with Crippen molar-refractivity contribution < 1.29 is 4.79 Å². The minimum absolute atomic E-state index is 0.228. The van der Waals surface area contributed by atoms with Gasteiger partial charge in [-0.1, -0.05) is 18.2 Å². The molecule has 0 atom stereocenters. The van der Waals surface area contributed by atoms with Crippen LogP contribution in [0.5, 0.6) is 0 Å². The van der Waals surface area contributed by atoms with Gasteiger partial charge in [0.25, 0.3) is 5.91 Å². The molecular formula is C12H12N4O. The molecule has 0 radical (unpaired) electrons. The minimum Gasteiger partial charge on any atom is -0.382 e. The Bertz CT molecular complexity index is 513. The van der Waals surface area contributed by atoms with Gasteiger partial charge in [0.15, 0.2) is 0 Å². The van der Waals surface area contributed by atoms with E-state index in [4.69, 9.17) is 5.73 Å². The van der Waals surface area contributed by atoms with Crippen LogP contribution in [0.1, 0.15) is 10.4 Å². The van der Waals surface area contributed by atoms with Crippen LogP contribution in [0.3, 0.4) is 0 Å². The lowest BCUT2D eigenvalue weighted by molar-refractivity contribution is 0.0962. The Balaban J connectivity index is 2.00. The zero-order valence-electron chi connectivity index (χ0n) is 9.05. The lowest BCUT2D eigenvalue weighted by Gasteiger charge is -2.09. The number of hydrogen-bond donors (Lipinski definition) is 3. The molecule has 5 nitrogen and oxygen atoms in total. The van der Waals surface area contributed by atoms with Gasteiger partial charge in [-0.2, -0.15) is 0 Å². The number of pyridine rings is 1. The van der Waals surface area contributed by atoms with Crippen molar-refractivity contribution in [3.8, 4) is 0 Å². The molecule has 2 rings (SSSR count). The van der Waals surface area contributed by atoms with Crippen LogP contribution in [-0.2, 0) is 0 Å². The molecule has 4 N–H and O–H groups in total. The molecule has 0 saturated carbocycles. The normalized spacial score (nSPS) is 9.65. The van der Waals surface area contributed by atoms with E-state index in [-0.39, 0.29) is 5.91 Å². The van der Waals surface area contributed by atoms with E-state index in [0.29, 0.717) is 17.1 Å². The Labute approximate surface area is 98.6 Å². The molecule has 1 aromatic carbocycles. The maximum absolute atomic E-state index is 11.7. The largest absolute Gasteiger partial charge is 0.382 e. The van der Waals surface area contributed by atoms with Crippen LogP contribution in [0.4, 0.5) is 11.5 Å². The Morgan fingerprint density at radius 1 is 1.12 bits per heavy atom. The summed E-state index contributed by atoms with van der Waals surface area (Å²) in [6.07, 6.45) is 1.58. The van der Waals surface area contributed by atoms with Gasteiger partial charge in [-0.3, -0.25) is 15.6 Å². The van der Waals surface area contributed by atoms with E-state index < -0.39 is 0 Å². The first-order valence-corrected chi connectivity index (χ1v) is 5.09. The Morgan fingerprint density at radius 2 is 1.88 bits per heavy atom. The van der Waals surface area contributed by atoms with E-state index in [0.717, 1.165) is 0 Å². The fourth-order valence-corrected chi connectivity index (χ4v) is 1.31. The van der Waals surface area contributed by atoms with E-state index >= 15 is 0 Å². The van der Waals surface area contributed by atoms with Gasteiger partial charge in [0, 0.05) is 11.8 Å². The number of rotatable bonds is 3. The molecular weight excluding hydrogens is 216 g/mol. The zero-order chi connectivity index (χ0) is 12.1. The lowest BCUT2D eigenvalue weighted by Crippen LogP contribution is -2.29. The van der Waals surface area contributed by atoms with E-state index in [1.807, 2.05) is 6.07 Å². The predicted octanol–water partition coefficient (Wildman–Crippen LogP) is 1.42. The van der Waals surface area contributed by atoms with Crippen molar-refractivity contribution in [1.82, 2.24) is 10.4 Å². The van der Waals surface area contributed by atoms with E-state index in [1.54, 1.807) is 42.6 Å². The van der Waals surface area contributed by atoms with Crippen LogP contribution in [0.25, 0.3) is 0 Å². The van der Waals surface area contributed by atoms with Gasteiger partial charge in [-0.05, 0) is 24.3 Å². The maximum Gasteiger partial charge on any atom is 0.269 e. The first kappa shape index (κ1) is 10.9. The maximum atomic E-state index is 11.7. The number of nitrogens with two attached hydrogens (primary N) is 1. The van der Waals surface area contributed by atoms with Crippen LogP contribution >= 0.6 is 0 Å². The third kappa shape index (κ3) is 2.72. The standard InChI is InChI=1S/C12H12N4O/c13-11-10(7-4-8-14-11)15-16-12(17)9-5-2-1-3-6-9/h1-8,15H,(H2,13,14)(H,16,17). The quantitative estimate of drug-likeness (QED) is 0.694. The summed E-state index contributed by atoms with van der Waals surface area (Å²) in [5.74, 6) is 0.106. The predicted molar refractivity (Wildman–Crippen MR) is 66.2 cm³/mol. The number of carbonyl (C=O) groups is 1. The summed E-state index contributed by atoms with van der Waals surface area (Å²) in [4.78, 5) is 15.6. The zero-order valence-corrected chi connectivity index (χ0v) is 9.05. The molecule has 1 aromatic heterocycles. The topological polar surface area (TPSA) is 80.0 Å². The lowest BCUT2D eigenvalue weighted by atomic mass is 10.2. The molecule has 1 amide bonds. The smallest absolute Gasteiger partial charge is 0.269 e. The van der Waals surface area contributed by atoms with E-state index in [2.05, 4.69) is 15.8 Å². The second kappa shape index (κ2) is 4.98. The molecule has 86 valence electrons. The van der Waals surface area contributed by atoms with Crippen molar-refractivity contribution in [2.24, 2.45) is 0 Å². The number of anilines is 2. The van der Waals surface area contributed by atoms with Crippen LogP contribution in [0, 0.1) is 0 Å². The van der Waals surface area contributed by atoms with E-state index in [1.165, 1.54) is 0 Å². The summed E-state index contributed by atoms with van der Waals surface area (Å²) in [7, 11) is 0. The summed E-state index contributed by atoms with van der Waals surface area (Å²) in [6, 6.07) is 12.4. The first-order valence-electron chi connectivity index (χ1n) is 5.09. The average Bonchev–Trinajstić information content (AvgIpc) is 2.38. The van der Waals surface area contributed by atoms with Gasteiger partial charge >= 0.3 is 0 Å². The molecule has 0 aliphatic heterocycles. The van der Waals surface area contributed by atoms with Gasteiger partial charge in [0.05, 0.1) is 5.69 Å². The highest BCUT2D eigenvalue weighted by Crippen LogP contribution is 2.11. The molecule has 17 heavy (non-hydrogen) atoms. The molecule has 0 fully saturated rings. The fraction of sp³-hybridized carbons (Fsp3) is 0. The SMILES string of the molecule is Nc1ncccc1NNC(=O)c1ccccc1. The van der Waals surface area contributed by atoms with Crippen molar-refractivity contribution in [3.05, 3.63) is 54.2 Å². The second-order valence-corrected chi connectivity index (χ2v) is 3.38. The van der Waals surface area contributed by atoms with Crippen LogP contribution in [-0.4, -0.2) is 10.9 Å². The molecule has 0 spiro atoms.